The molecule has 0 saturated heterocycles. The van der Waals surface area contributed by atoms with Crippen molar-refractivity contribution in [2.45, 2.75) is 32.2 Å². The lowest BCUT2D eigenvalue weighted by atomic mass is 10.1. The maximum Gasteiger partial charge on any atom is 0.0101 e. The van der Waals surface area contributed by atoms with Crippen LogP contribution < -0.4 is 5.32 Å². The van der Waals surface area contributed by atoms with E-state index in [0.717, 1.165) is 25.0 Å². The summed E-state index contributed by atoms with van der Waals surface area (Å²) in [5.41, 5.74) is 0. The van der Waals surface area contributed by atoms with E-state index in [2.05, 4.69) is 31.2 Å². The topological polar surface area (TPSA) is 15.3 Å². The Morgan fingerprint density at radius 1 is 1.33 bits per heavy atom. The quantitative estimate of drug-likeness (QED) is 0.684. The number of likely N-dealkylation sites (N-methyl/N-ethyl adjacent to an activating group) is 1. The first-order chi connectivity index (χ1) is 5.68. The second kappa shape index (κ2) is 4.83. The van der Waals surface area contributed by atoms with Gasteiger partial charge in [0.15, 0.2) is 0 Å². The van der Waals surface area contributed by atoms with Crippen molar-refractivity contribution in [1.82, 2.24) is 10.2 Å². The Balaban J connectivity index is 2.00. The summed E-state index contributed by atoms with van der Waals surface area (Å²) in [6.45, 7) is 4.66. The molecule has 2 heteroatoms. The normalized spacial score (nSPS) is 30.0. The van der Waals surface area contributed by atoms with Crippen molar-refractivity contribution in [3.8, 4) is 0 Å². The molecule has 2 nitrogen and oxygen atoms in total. The SMILES string of the molecule is CC1CCC(NCCN(C)C)C1. The molecule has 72 valence electrons. The van der Waals surface area contributed by atoms with E-state index in [9.17, 15) is 0 Å². The average molecular weight is 170 g/mol. The van der Waals surface area contributed by atoms with Crippen LogP contribution in [0.1, 0.15) is 26.2 Å². The van der Waals surface area contributed by atoms with E-state index in [0.29, 0.717) is 0 Å². The highest BCUT2D eigenvalue weighted by Gasteiger charge is 2.19. The monoisotopic (exact) mass is 170 g/mol. The van der Waals surface area contributed by atoms with Crippen LogP contribution in [0.4, 0.5) is 0 Å². The minimum atomic E-state index is 0.806. The van der Waals surface area contributed by atoms with E-state index in [1.54, 1.807) is 0 Å². The molecule has 1 N–H and O–H groups in total. The molecule has 1 saturated carbocycles. The molecule has 2 atom stereocenters. The first kappa shape index (κ1) is 10.0. The zero-order chi connectivity index (χ0) is 8.97. The number of nitrogens with one attached hydrogen (secondary N) is 1. The van der Waals surface area contributed by atoms with Gasteiger partial charge >= 0.3 is 0 Å². The fourth-order valence-electron chi connectivity index (χ4n) is 1.88. The van der Waals surface area contributed by atoms with E-state index < -0.39 is 0 Å². The lowest BCUT2D eigenvalue weighted by Gasteiger charge is -2.14. The van der Waals surface area contributed by atoms with Crippen molar-refractivity contribution >= 4 is 0 Å². The van der Waals surface area contributed by atoms with E-state index in [4.69, 9.17) is 0 Å². The summed E-state index contributed by atoms with van der Waals surface area (Å²) in [6.07, 6.45) is 4.18. The van der Waals surface area contributed by atoms with Gasteiger partial charge in [-0.2, -0.15) is 0 Å². The second-order valence-electron chi connectivity index (χ2n) is 4.37. The van der Waals surface area contributed by atoms with E-state index in [1.165, 1.54) is 19.3 Å². The molecule has 0 bridgehead atoms. The summed E-state index contributed by atoms with van der Waals surface area (Å²) < 4.78 is 0. The van der Waals surface area contributed by atoms with Crippen LogP contribution in [0.25, 0.3) is 0 Å². The molecule has 0 aromatic heterocycles. The van der Waals surface area contributed by atoms with Crippen LogP contribution in [0.2, 0.25) is 0 Å². The van der Waals surface area contributed by atoms with Crippen molar-refractivity contribution in [3.05, 3.63) is 0 Å². The summed E-state index contributed by atoms with van der Waals surface area (Å²) in [4.78, 5) is 2.23. The molecule has 0 aliphatic heterocycles. The van der Waals surface area contributed by atoms with Gasteiger partial charge in [0.25, 0.3) is 0 Å². The number of nitrogens with zero attached hydrogens (tertiary/aromatic N) is 1. The summed E-state index contributed by atoms with van der Waals surface area (Å²) in [7, 11) is 4.25. The van der Waals surface area contributed by atoms with E-state index in [1.807, 2.05) is 0 Å². The van der Waals surface area contributed by atoms with Crippen LogP contribution in [0.15, 0.2) is 0 Å². The van der Waals surface area contributed by atoms with Crippen LogP contribution in [0.3, 0.4) is 0 Å². The van der Waals surface area contributed by atoms with Crippen LogP contribution in [-0.2, 0) is 0 Å². The molecule has 1 aliphatic rings. The van der Waals surface area contributed by atoms with Crippen molar-refractivity contribution in [2.75, 3.05) is 27.2 Å². The maximum atomic E-state index is 3.60. The number of rotatable bonds is 4. The highest BCUT2D eigenvalue weighted by Crippen LogP contribution is 2.24. The van der Waals surface area contributed by atoms with Gasteiger partial charge in [-0.05, 0) is 39.3 Å². The zero-order valence-electron chi connectivity index (χ0n) is 8.64. The van der Waals surface area contributed by atoms with Gasteiger partial charge in [0.05, 0.1) is 0 Å². The molecule has 0 amide bonds. The van der Waals surface area contributed by atoms with Crippen molar-refractivity contribution < 1.29 is 0 Å². The predicted octanol–water partition coefficient (Wildman–Crippen LogP) is 1.33. The molecule has 1 aliphatic carbocycles. The average Bonchev–Trinajstić information content (AvgIpc) is 2.35. The Morgan fingerprint density at radius 2 is 2.08 bits per heavy atom. The highest BCUT2D eigenvalue weighted by atomic mass is 15.1. The van der Waals surface area contributed by atoms with Gasteiger partial charge in [-0.25, -0.2) is 0 Å². The lowest BCUT2D eigenvalue weighted by Crippen LogP contribution is -2.33. The molecule has 0 heterocycles. The third-order valence-electron chi connectivity index (χ3n) is 2.69. The standard InChI is InChI=1S/C10H22N2/c1-9-4-5-10(8-9)11-6-7-12(2)3/h9-11H,4-8H2,1-3H3. The second-order valence-corrected chi connectivity index (χ2v) is 4.37. The first-order valence-corrected chi connectivity index (χ1v) is 5.06. The molecule has 2 unspecified atom stereocenters. The van der Waals surface area contributed by atoms with Crippen molar-refractivity contribution in [2.24, 2.45) is 5.92 Å². The summed E-state index contributed by atoms with van der Waals surface area (Å²) in [5.74, 6) is 0.946. The molecule has 0 spiro atoms. The van der Waals surface area contributed by atoms with Gasteiger partial charge in [0, 0.05) is 19.1 Å². The summed E-state index contributed by atoms with van der Waals surface area (Å²) in [6, 6.07) is 0.806. The minimum absolute atomic E-state index is 0.806. The Morgan fingerprint density at radius 3 is 2.58 bits per heavy atom. The zero-order valence-corrected chi connectivity index (χ0v) is 8.64. The van der Waals surface area contributed by atoms with Gasteiger partial charge in [-0.3, -0.25) is 0 Å². The fraction of sp³-hybridized carbons (Fsp3) is 1.00. The van der Waals surface area contributed by atoms with Gasteiger partial charge in [0.2, 0.25) is 0 Å². The molecular weight excluding hydrogens is 148 g/mol. The maximum absolute atomic E-state index is 3.60. The van der Waals surface area contributed by atoms with E-state index >= 15 is 0 Å². The Labute approximate surface area is 76.3 Å². The van der Waals surface area contributed by atoms with Gasteiger partial charge in [-0.1, -0.05) is 6.92 Å². The molecular formula is C10H22N2. The summed E-state index contributed by atoms with van der Waals surface area (Å²) in [5, 5.41) is 3.60. The molecule has 0 aromatic rings. The largest absolute Gasteiger partial charge is 0.313 e. The van der Waals surface area contributed by atoms with Crippen LogP contribution in [-0.4, -0.2) is 38.1 Å². The smallest absolute Gasteiger partial charge is 0.0101 e. The molecule has 1 fully saturated rings. The highest BCUT2D eigenvalue weighted by molar-refractivity contribution is 4.78. The number of hydrogen-bond acceptors (Lipinski definition) is 2. The molecule has 0 aromatic carbocycles. The Kier molecular flexibility index (Phi) is 4.02. The van der Waals surface area contributed by atoms with E-state index in [-0.39, 0.29) is 0 Å². The Hall–Kier alpha value is -0.0800. The van der Waals surface area contributed by atoms with Gasteiger partial charge in [0.1, 0.15) is 0 Å². The third kappa shape index (κ3) is 3.55. The van der Waals surface area contributed by atoms with Crippen LogP contribution >= 0.6 is 0 Å². The minimum Gasteiger partial charge on any atom is -0.313 e. The molecule has 1 rings (SSSR count). The Bertz CT molecular complexity index is 123. The van der Waals surface area contributed by atoms with Crippen molar-refractivity contribution in [3.63, 3.8) is 0 Å². The third-order valence-corrected chi connectivity index (χ3v) is 2.69. The molecule has 0 radical (unpaired) electrons. The van der Waals surface area contributed by atoms with Crippen LogP contribution in [0.5, 0.6) is 0 Å². The predicted molar refractivity (Wildman–Crippen MR) is 53.4 cm³/mol. The fourth-order valence-corrected chi connectivity index (χ4v) is 1.88. The number of hydrogen-bond donors (Lipinski definition) is 1. The first-order valence-electron chi connectivity index (χ1n) is 5.06. The van der Waals surface area contributed by atoms with Crippen molar-refractivity contribution in [1.29, 1.82) is 0 Å². The lowest BCUT2D eigenvalue weighted by molar-refractivity contribution is 0.381. The molecule has 12 heavy (non-hydrogen) atoms. The van der Waals surface area contributed by atoms with Gasteiger partial charge in [-0.15, -0.1) is 0 Å². The summed E-state index contributed by atoms with van der Waals surface area (Å²) >= 11 is 0. The van der Waals surface area contributed by atoms with Gasteiger partial charge < -0.3 is 10.2 Å². The van der Waals surface area contributed by atoms with Crippen LogP contribution in [0, 0.1) is 5.92 Å².